The number of amidine groups is 1. The van der Waals surface area contributed by atoms with E-state index in [2.05, 4.69) is 4.99 Å². The Morgan fingerprint density at radius 1 is 1.06 bits per heavy atom. The molecule has 1 N–H and O–H groups in total. The second kappa shape index (κ2) is 8.79. The summed E-state index contributed by atoms with van der Waals surface area (Å²) in [5, 5.41) is 9.65. The highest BCUT2D eigenvalue weighted by molar-refractivity contribution is 8.18. The molecular weight excluding hydrogens is 432 g/mol. The number of carboxylic acid groups (broad SMARTS) is 1. The maximum Gasteiger partial charge on any atom is 0.335 e. The Morgan fingerprint density at radius 2 is 1.77 bits per heavy atom. The molecule has 0 bridgehead atoms. The smallest absolute Gasteiger partial charge is 0.335 e. The molecule has 1 amide bonds. The van der Waals surface area contributed by atoms with Gasteiger partial charge in [-0.25, -0.2) is 9.79 Å². The van der Waals surface area contributed by atoms with Gasteiger partial charge in [0.25, 0.3) is 5.91 Å². The molecular formula is C23H18N2O4S2. The second-order valence-electron chi connectivity index (χ2n) is 6.65. The molecule has 0 atom stereocenters. The lowest BCUT2D eigenvalue weighted by Crippen LogP contribution is -2.23. The molecule has 4 rings (SSSR count). The van der Waals surface area contributed by atoms with Crippen molar-refractivity contribution < 1.29 is 19.4 Å². The number of carbonyl (C=O) groups excluding carboxylic acids is 1. The second-order valence-corrected chi connectivity index (χ2v) is 8.78. The largest absolute Gasteiger partial charge is 0.497 e. The highest BCUT2D eigenvalue weighted by Gasteiger charge is 2.30. The zero-order valence-corrected chi connectivity index (χ0v) is 18.4. The summed E-state index contributed by atoms with van der Waals surface area (Å²) in [6, 6.07) is 18.0. The SMILES string of the molecule is COc1ccc(N=C2SC(=Cc3ccc(-c4ccc(C(=O)O)cc4)s3)C(=O)N2C)cc1. The Hall–Kier alpha value is -3.36. The Kier molecular flexibility index (Phi) is 5.92. The first-order valence-electron chi connectivity index (χ1n) is 9.28. The van der Waals surface area contributed by atoms with E-state index in [0.717, 1.165) is 26.8 Å². The number of likely N-dealkylation sites (N-methyl/N-ethyl adjacent to an activating group) is 1. The van der Waals surface area contributed by atoms with Crippen molar-refractivity contribution in [3.8, 4) is 16.2 Å². The Bertz CT molecular complexity index is 1200. The van der Waals surface area contributed by atoms with Gasteiger partial charge >= 0.3 is 5.97 Å². The number of rotatable bonds is 5. The van der Waals surface area contributed by atoms with Crippen LogP contribution in [0.4, 0.5) is 5.69 Å². The number of ether oxygens (including phenoxy) is 1. The maximum atomic E-state index is 12.7. The third kappa shape index (κ3) is 4.55. The summed E-state index contributed by atoms with van der Waals surface area (Å²) in [4.78, 5) is 32.3. The first-order valence-corrected chi connectivity index (χ1v) is 10.9. The predicted octanol–water partition coefficient (Wildman–Crippen LogP) is 5.36. The lowest BCUT2D eigenvalue weighted by molar-refractivity contribution is -0.121. The van der Waals surface area contributed by atoms with E-state index >= 15 is 0 Å². The van der Waals surface area contributed by atoms with Crippen LogP contribution in [0.25, 0.3) is 16.5 Å². The van der Waals surface area contributed by atoms with Crippen molar-refractivity contribution in [2.45, 2.75) is 0 Å². The van der Waals surface area contributed by atoms with Gasteiger partial charge in [-0.2, -0.15) is 0 Å². The van der Waals surface area contributed by atoms with E-state index in [1.54, 1.807) is 43.3 Å². The number of carboxylic acids is 1. The number of thioether (sulfide) groups is 1. The van der Waals surface area contributed by atoms with Gasteiger partial charge in [0.15, 0.2) is 5.17 Å². The lowest BCUT2D eigenvalue weighted by Gasteiger charge is -2.07. The molecule has 0 aliphatic carbocycles. The van der Waals surface area contributed by atoms with Crippen molar-refractivity contribution in [3.05, 3.63) is 76.0 Å². The minimum Gasteiger partial charge on any atom is -0.497 e. The summed E-state index contributed by atoms with van der Waals surface area (Å²) in [6.07, 6.45) is 1.86. The number of methoxy groups -OCH3 is 1. The van der Waals surface area contributed by atoms with E-state index < -0.39 is 5.97 Å². The van der Waals surface area contributed by atoms with Crippen LogP contribution >= 0.6 is 23.1 Å². The van der Waals surface area contributed by atoms with Crippen LogP contribution in [-0.2, 0) is 4.79 Å². The van der Waals surface area contributed by atoms with E-state index in [1.165, 1.54) is 23.1 Å². The number of hydrogen-bond acceptors (Lipinski definition) is 6. The van der Waals surface area contributed by atoms with E-state index in [1.807, 2.05) is 42.5 Å². The van der Waals surface area contributed by atoms with Gasteiger partial charge in [0, 0.05) is 16.8 Å². The first kappa shape index (κ1) is 20.9. The number of aliphatic imine (C=N–C) groups is 1. The van der Waals surface area contributed by atoms with Crippen LogP contribution in [-0.4, -0.2) is 41.2 Å². The normalized spacial score (nSPS) is 16.3. The van der Waals surface area contributed by atoms with Gasteiger partial charge in [0.05, 0.1) is 23.3 Å². The molecule has 156 valence electrons. The molecule has 1 aromatic heterocycles. The van der Waals surface area contributed by atoms with Crippen LogP contribution in [0, 0.1) is 0 Å². The molecule has 1 aliphatic rings. The Balaban J connectivity index is 1.54. The highest BCUT2D eigenvalue weighted by Crippen LogP contribution is 2.36. The van der Waals surface area contributed by atoms with Crippen LogP contribution in [0.2, 0.25) is 0 Å². The molecule has 0 spiro atoms. The summed E-state index contributed by atoms with van der Waals surface area (Å²) < 4.78 is 5.16. The van der Waals surface area contributed by atoms with Crippen LogP contribution in [0.3, 0.4) is 0 Å². The molecule has 0 unspecified atom stereocenters. The number of thiophene rings is 1. The van der Waals surface area contributed by atoms with E-state index in [0.29, 0.717) is 10.1 Å². The maximum absolute atomic E-state index is 12.7. The van der Waals surface area contributed by atoms with Crippen molar-refractivity contribution in [1.29, 1.82) is 0 Å². The number of amides is 1. The summed E-state index contributed by atoms with van der Waals surface area (Å²) >= 11 is 2.87. The van der Waals surface area contributed by atoms with Gasteiger partial charge in [0.1, 0.15) is 5.75 Å². The zero-order chi connectivity index (χ0) is 22.0. The summed E-state index contributed by atoms with van der Waals surface area (Å²) in [6.45, 7) is 0. The minimum absolute atomic E-state index is 0.0991. The summed E-state index contributed by atoms with van der Waals surface area (Å²) in [5.74, 6) is -0.298. The summed E-state index contributed by atoms with van der Waals surface area (Å²) in [7, 11) is 3.32. The van der Waals surface area contributed by atoms with Crippen molar-refractivity contribution >= 4 is 51.9 Å². The lowest BCUT2D eigenvalue weighted by atomic mass is 10.1. The molecule has 3 aromatic rings. The van der Waals surface area contributed by atoms with Gasteiger partial charge in [-0.3, -0.25) is 9.69 Å². The minimum atomic E-state index is -0.948. The van der Waals surface area contributed by atoms with Crippen LogP contribution in [0.15, 0.2) is 70.6 Å². The molecule has 2 aromatic carbocycles. The fourth-order valence-corrected chi connectivity index (χ4v) is 4.92. The zero-order valence-electron chi connectivity index (χ0n) is 16.7. The van der Waals surface area contributed by atoms with Crippen LogP contribution in [0.1, 0.15) is 15.2 Å². The molecule has 0 radical (unpaired) electrons. The van der Waals surface area contributed by atoms with Gasteiger partial charge in [-0.05, 0) is 71.9 Å². The van der Waals surface area contributed by atoms with E-state index in [9.17, 15) is 9.59 Å². The fourth-order valence-electron chi connectivity index (χ4n) is 2.91. The Morgan fingerprint density at radius 3 is 2.42 bits per heavy atom. The number of carbonyl (C=O) groups is 2. The monoisotopic (exact) mass is 450 g/mol. The van der Waals surface area contributed by atoms with Crippen molar-refractivity contribution in [2.24, 2.45) is 4.99 Å². The number of nitrogens with zero attached hydrogens (tertiary/aromatic N) is 2. The molecule has 2 heterocycles. The molecule has 1 aliphatic heterocycles. The molecule has 1 saturated heterocycles. The van der Waals surface area contributed by atoms with Crippen LogP contribution < -0.4 is 4.74 Å². The molecule has 0 saturated carbocycles. The van der Waals surface area contributed by atoms with Gasteiger partial charge in [-0.15, -0.1) is 11.3 Å². The topological polar surface area (TPSA) is 79.2 Å². The quantitative estimate of drug-likeness (QED) is 0.530. The molecule has 6 nitrogen and oxygen atoms in total. The fraction of sp³-hybridized carbons (Fsp3) is 0.0870. The average molecular weight is 451 g/mol. The van der Waals surface area contributed by atoms with Gasteiger partial charge in [-0.1, -0.05) is 12.1 Å². The van der Waals surface area contributed by atoms with Crippen molar-refractivity contribution in [3.63, 3.8) is 0 Å². The van der Waals surface area contributed by atoms with Gasteiger partial charge < -0.3 is 9.84 Å². The number of aromatic carboxylic acids is 1. The molecule has 31 heavy (non-hydrogen) atoms. The molecule has 1 fully saturated rings. The standard InChI is InChI=1S/C23H18N2O4S2/c1-25-21(26)20(31-23(25)24-16-7-9-17(29-2)10-8-16)13-18-11-12-19(30-18)14-3-5-15(6-4-14)22(27)28/h3-13H,1-2H3,(H,27,28). The summed E-state index contributed by atoms with van der Waals surface area (Å²) in [5.41, 5.74) is 1.93. The van der Waals surface area contributed by atoms with Gasteiger partial charge in [0.2, 0.25) is 0 Å². The van der Waals surface area contributed by atoms with Crippen molar-refractivity contribution in [2.75, 3.05) is 14.2 Å². The predicted molar refractivity (Wildman–Crippen MR) is 125 cm³/mol. The average Bonchev–Trinajstić information content (AvgIpc) is 3.35. The van der Waals surface area contributed by atoms with Crippen molar-refractivity contribution in [1.82, 2.24) is 4.90 Å². The molecule has 8 heteroatoms. The van der Waals surface area contributed by atoms with E-state index in [4.69, 9.17) is 9.84 Å². The Labute approximate surface area is 187 Å². The highest BCUT2D eigenvalue weighted by atomic mass is 32.2. The third-order valence-corrected chi connectivity index (χ3v) is 6.76. The number of benzene rings is 2. The third-order valence-electron chi connectivity index (χ3n) is 4.62. The van der Waals surface area contributed by atoms with E-state index in [-0.39, 0.29) is 11.5 Å². The first-order chi connectivity index (χ1) is 14.9. The van der Waals surface area contributed by atoms with Crippen LogP contribution in [0.5, 0.6) is 5.75 Å². The number of hydrogen-bond donors (Lipinski definition) is 1.